The van der Waals surface area contributed by atoms with Crippen LogP contribution >= 0.6 is 23.2 Å². The Morgan fingerprint density at radius 1 is 1.03 bits per heavy atom. The first-order chi connectivity index (χ1) is 15.2. The number of carbonyl (C=O) groups is 1. The summed E-state index contributed by atoms with van der Waals surface area (Å²) >= 11 is 12.2. The lowest BCUT2D eigenvalue weighted by Gasteiger charge is -2.24. The van der Waals surface area contributed by atoms with E-state index in [9.17, 15) is 18.3 Å². The van der Waals surface area contributed by atoms with Crippen LogP contribution in [0.25, 0.3) is 0 Å². The van der Waals surface area contributed by atoms with Crippen LogP contribution in [0.1, 0.15) is 12.5 Å². The molecule has 166 valence electrons. The smallest absolute Gasteiger partial charge is 0.264 e. The number of sulfonamides is 1. The Kier molecular flexibility index (Phi) is 7.40. The summed E-state index contributed by atoms with van der Waals surface area (Å²) in [6, 6.07) is 18.5. The van der Waals surface area contributed by atoms with E-state index in [1.165, 1.54) is 36.4 Å². The van der Waals surface area contributed by atoms with Crippen LogP contribution in [0.3, 0.4) is 0 Å². The Hall–Kier alpha value is -3.07. The summed E-state index contributed by atoms with van der Waals surface area (Å²) in [5.74, 6) is -0.700. The molecule has 0 heterocycles. The van der Waals surface area contributed by atoms with Crippen LogP contribution in [0.15, 0.2) is 82.8 Å². The number of carbonyl (C=O) groups excluding carboxylic acids is 1. The van der Waals surface area contributed by atoms with Gasteiger partial charge >= 0.3 is 0 Å². The first-order valence-electron chi connectivity index (χ1n) is 9.34. The van der Waals surface area contributed by atoms with E-state index < -0.39 is 22.5 Å². The zero-order valence-electron chi connectivity index (χ0n) is 16.9. The van der Waals surface area contributed by atoms with Gasteiger partial charge in [0.1, 0.15) is 12.3 Å². The molecule has 2 N–H and O–H groups in total. The summed E-state index contributed by atoms with van der Waals surface area (Å²) in [7, 11) is -4.13. The highest BCUT2D eigenvalue weighted by Crippen LogP contribution is 2.32. The van der Waals surface area contributed by atoms with E-state index in [2.05, 4.69) is 10.5 Å². The fraction of sp³-hybridized carbons (Fsp3) is 0.0909. The van der Waals surface area contributed by atoms with Gasteiger partial charge in [-0.2, -0.15) is 5.10 Å². The molecule has 32 heavy (non-hydrogen) atoms. The third-order valence-corrected chi connectivity index (χ3v) is 6.75. The molecule has 0 aromatic heterocycles. The highest BCUT2D eigenvalue weighted by Gasteiger charge is 2.28. The van der Waals surface area contributed by atoms with Gasteiger partial charge < -0.3 is 5.11 Å². The lowest BCUT2D eigenvalue weighted by atomic mass is 10.1. The Labute approximate surface area is 196 Å². The van der Waals surface area contributed by atoms with Gasteiger partial charge in [-0.3, -0.25) is 9.10 Å². The predicted octanol–water partition coefficient (Wildman–Crippen LogP) is 4.43. The predicted molar refractivity (Wildman–Crippen MR) is 126 cm³/mol. The molecular formula is C22H19Cl2N3O4S. The van der Waals surface area contributed by atoms with Crippen molar-refractivity contribution in [1.29, 1.82) is 0 Å². The van der Waals surface area contributed by atoms with Gasteiger partial charge in [0.2, 0.25) is 0 Å². The van der Waals surface area contributed by atoms with E-state index in [4.69, 9.17) is 23.2 Å². The monoisotopic (exact) mass is 491 g/mol. The van der Waals surface area contributed by atoms with Gasteiger partial charge in [-0.1, -0.05) is 53.5 Å². The quantitative estimate of drug-likeness (QED) is 0.377. The van der Waals surface area contributed by atoms with Crippen molar-refractivity contribution in [2.75, 3.05) is 10.8 Å². The number of phenolic OH excluding ortho intramolecular Hbond substituents is 1. The minimum absolute atomic E-state index is 0.00391. The molecule has 0 aliphatic carbocycles. The summed E-state index contributed by atoms with van der Waals surface area (Å²) < 4.78 is 27.5. The highest BCUT2D eigenvalue weighted by atomic mass is 35.5. The molecule has 0 bridgehead atoms. The number of halogens is 2. The lowest BCUT2D eigenvalue weighted by Crippen LogP contribution is -2.40. The maximum atomic E-state index is 13.3. The van der Waals surface area contributed by atoms with E-state index in [0.717, 1.165) is 4.31 Å². The normalized spacial score (nSPS) is 11.8. The summed E-state index contributed by atoms with van der Waals surface area (Å²) in [6.07, 6.45) is 0. The first kappa shape index (κ1) is 23.6. The minimum Gasteiger partial charge on any atom is -0.507 e. The Balaban J connectivity index is 1.91. The van der Waals surface area contributed by atoms with Crippen LogP contribution in [0.4, 0.5) is 5.69 Å². The van der Waals surface area contributed by atoms with Crippen molar-refractivity contribution in [3.05, 3.63) is 88.4 Å². The topological polar surface area (TPSA) is 99.1 Å². The molecule has 0 atom stereocenters. The zero-order valence-corrected chi connectivity index (χ0v) is 19.2. The van der Waals surface area contributed by atoms with Crippen molar-refractivity contribution in [2.24, 2.45) is 5.10 Å². The number of nitrogens with zero attached hydrogens (tertiary/aromatic N) is 2. The number of rotatable bonds is 7. The average Bonchev–Trinajstić information content (AvgIpc) is 2.77. The van der Waals surface area contributed by atoms with Crippen molar-refractivity contribution in [3.63, 3.8) is 0 Å². The van der Waals surface area contributed by atoms with E-state index in [-0.39, 0.29) is 21.4 Å². The number of hydrogen-bond donors (Lipinski definition) is 2. The number of hydrazone groups is 1. The Morgan fingerprint density at radius 3 is 2.34 bits per heavy atom. The molecular weight excluding hydrogens is 473 g/mol. The third-order valence-electron chi connectivity index (χ3n) is 4.44. The summed E-state index contributed by atoms with van der Waals surface area (Å²) in [4.78, 5) is 12.6. The SMILES string of the molecule is C/C(=N/NC(=O)CN(c1ccc(Cl)cc1Cl)S(=O)(=O)c1ccccc1)c1ccccc1O. The molecule has 0 radical (unpaired) electrons. The number of amides is 1. The molecule has 1 amide bonds. The van der Waals surface area contributed by atoms with Gasteiger partial charge in [0.15, 0.2) is 0 Å². The molecule has 0 saturated heterocycles. The number of aromatic hydroxyl groups is 1. The van der Waals surface area contributed by atoms with Crippen LogP contribution in [-0.4, -0.2) is 31.7 Å². The lowest BCUT2D eigenvalue weighted by molar-refractivity contribution is -0.119. The second-order valence-corrected chi connectivity index (χ2v) is 9.38. The molecule has 3 aromatic rings. The summed E-state index contributed by atoms with van der Waals surface area (Å²) in [6.45, 7) is 1.01. The molecule has 0 aliphatic heterocycles. The van der Waals surface area contributed by atoms with Gasteiger partial charge in [0.25, 0.3) is 15.9 Å². The Bertz CT molecular complexity index is 1270. The molecule has 3 rings (SSSR count). The molecule has 0 saturated carbocycles. The van der Waals surface area contributed by atoms with E-state index >= 15 is 0 Å². The number of benzene rings is 3. The molecule has 3 aromatic carbocycles. The molecule has 10 heteroatoms. The fourth-order valence-corrected chi connectivity index (χ4v) is 4.88. The van der Waals surface area contributed by atoms with Crippen molar-refractivity contribution in [3.8, 4) is 5.75 Å². The first-order valence-corrected chi connectivity index (χ1v) is 11.5. The highest BCUT2D eigenvalue weighted by molar-refractivity contribution is 7.92. The van der Waals surface area contributed by atoms with E-state index in [0.29, 0.717) is 16.3 Å². The van der Waals surface area contributed by atoms with Gasteiger partial charge in [-0.25, -0.2) is 13.8 Å². The molecule has 0 unspecified atom stereocenters. The van der Waals surface area contributed by atoms with Crippen LogP contribution in [0, 0.1) is 0 Å². The molecule has 0 spiro atoms. The summed E-state index contributed by atoms with van der Waals surface area (Å²) in [5.41, 5.74) is 3.20. The van der Waals surface area contributed by atoms with Gasteiger partial charge in [-0.15, -0.1) is 0 Å². The largest absolute Gasteiger partial charge is 0.507 e. The van der Waals surface area contributed by atoms with E-state index in [1.807, 2.05) is 0 Å². The van der Waals surface area contributed by atoms with Crippen LogP contribution < -0.4 is 9.73 Å². The van der Waals surface area contributed by atoms with Crippen LogP contribution in [0.5, 0.6) is 5.75 Å². The fourth-order valence-electron chi connectivity index (χ4n) is 2.85. The maximum absolute atomic E-state index is 13.3. The second-order valence-electron chi connectivity index (χ2n) is 6.67. The number of para-hydroxylation sites is 1. The van der Waals surface area contributed by atoms with Crippen molar-refractivity contribution in [2.45, 2.75) is 11.8 Å². The maximum Gasteiger partial charge on any atom is 0.264 e. The average molecular weight is 492 g/mol. The van der Waals surface area contributed by atoms with E-state index in [1.54, 1.807) is 43.3 Å². The summed E-state index contributed by atoms with van der Waals surface area (Å²) in [5, 5.41) is 14.3. The third kappa shape index (κ3) is 5.40. The molecule has 7 nitrogen and oxygen atoms in total. The van der Waals surface area contributed by atoms with Crippen molar-refractivity contribution in [1.82, 2.24) is 5.43 Å². The standard InChI is InChI=1S/C22H19Cl2N3O4S/c1-15(18-9-5-6-10-21(18)28)25-26-22(29)14-27(20-12-11-16(23)13-19(20)24)32(30,31)17-7-3-2-4-8-17/h2-13,28H,14H2,1H3,(H,26,29)/b25-15-. The number of nitrogens with one attached hydrogen (secondary N) is 1. The number of anilines is 1. The number of hydrogen-bond acceptors (Lipinski definition) is 5. The van der Waals surface area contributed by atoms with Crippen molar-refractivity contribution >= 4 is 50.5 Å². The van der Waals surface area contributed by atoms with Gasteiger partial charge in [0, 0.05) is 10.6 Å². The molecule has 0 aliphatic rings. The van der Waals surface area contributed by atoms with Crippen LogP contribution in [-0.2, 0) is 14.8 Å². The van der Waals surface area contributed by atoms with Gasteiger partial charge in [0.05, 0.1) is 21.3 Å². The zero-order chi connectivity index (χ0) is 23.3. The molecule has 0 fully saturated rings. The minimum atomic E-state index is -4.13. The number of phenols is 1. The second kappa shape index (κ2) is 10.0. The van der Waals surface area contributed by atoms with Gasteiger partial charge in [-0.05, 0) is 49.4 Å². The Morgan fingerprint density at radius 2 is 1.69 bits per heavy atom. The van der Waals surface area contributed by atoms with Crippen molar-refractivity contribution < 1.29 is 18.3 Å². The van der Waals surface area contributed by atoms with Crippen LogP contribution in [0.2, 0.25) is 10.0 Å².